The molecule has 2 aromatic rings. The van der Waals surface area contributed by atoms with Crippen molar-refractivity contribution < 1.29 is 14.7 Å². The Morgan fingerprint density at radius 3 is 2.57 bits per heavy atom. The highest BCUT2D eigenvalue weighted by Crippen LogP contribution is 2.29. The largest absolute Gasteiger partial charge is 0.481 e. The van der Waals surface area contributed by atoms with Crippen LogP contribution in [-0.4, -0.2) is 17.0 Å². The van der Waals surface area contributed by atoms with Gasteiger partial charge in [-0.25, -0.2) is 0 Å². The number of aryl methyl sites for hydroxylation is 1. The van der Waals surface area contributed by atoms with E-state index in [1.807, 2.05) is 19.1 Å². The Morgan fingerprint density at radius 1 is 1.29 bits per heavy atom. The normalized spacial score (nSPS) is 12.1. The van der Waals surface area contributed by atoms with Crippen LogP contribution in [0.15, 0.2) is 24.3 Å². The van der Waals surface area contributed by atoms with E-state index in [-0.39, 0.29) is 18.7 Å². The third-order valence-electron chi connectivity index (χ3n) is 2.78. The quantitative estimate of drug-likeness (QED) is 0.841. The number of halogens is 1. The standard InChI is InChI=1S/C14H14ClNO3S2/c1-8-2-3-9(20-8)6-13(17)16-10(7-14(18)19)11-4-5-12(15)21-11/h2-5,10H,6-7H2,1H3,(H,16,17)(H,18,19). The first-order chi connectivity index (χ1) is 9.94. The number of carbonyl (C=O) groups excluding carboxylic acids is 1. The number of nitrogens with one attached hydrogen (secondary N) is 1. The van der Waals surface area contributed by atoms with Crippen molar-refractivity contribution in [2.75, 3.05) is 0 Å². The van der Waals surface area contributed by atoms with Gasteiger partial charge in [0, 0.05) is 14.6 Å². The molecule has 7 heteroatoms. The van der Waals surface area contributed by atoms with Crippen LogP contribution in [0, 0.1) is 6.92 Å². The zero-order valence-electron chi connectivity index (χ0n) is 11.3. The van der Waals surface area contributed by atoms with Crippen molar-refractivity contribution in [3.05, 3.63) is 43.2 Å². The molecule has 0 fully saturated rings. The maximum Gasteiger partial charge on any atom is 0.305 e. The summed E-state index contributed by atoms with van der Waals surface area (Å²) in [4.78, 5) is 25.9. The predicted molar refractivity (Wildman–Crippen MR) is 85.2 cm³/mol. The fourth-order valence-electron chi connectivity index (χ4n) is 1.90. The van der Waals surface area contributed by atoms with Gasteiger partial charge in [0.25, 0.3) is 0 Å². The average Bonchev–Trinajstić information content (AvgIpc) is 2.97. The summed E-state index contributed by atoms with van der Waals surface area (Å²) >= 11 is 8.71. The number of hydrogen-bond acceptors (Lipinski definition) is 4. The Hall–Kier alpha value is -1.37. The first kappa shape index (κ1) is 16.0. The van der Waals surface area contributed by atoms with Crippen molar-refractivity contribution in [1.29, 1.82) is 0 Å². The Bertz CT molecular complexity index is 650. The minimum atomic E-state index is -0.961. The number of rotatable bonds is 6. The van der Waals surface area contributed by atoms with Crippen LogP contribution in [0.4, 0.5) is 0 Å². The molecule has 21 heavy (non-hydrogen) atoms. The molecule has 2 aromatic heterocycles. The van der Waals surface area contributed by atoms with Crippen LogP contribution in [0.25, 0.3) is 0 Å². The molecule has 2 heterocycles. The first-order valence-corrected chi connectivity index (χ1v) is 8.27. The second-order valence-corrected chi connectivity index (χ2v) is 7.67. The maximum atomic E-state index is 12.1. The van der Waals surface area contributed by atoms with Gasteiger partial charge < -0.3 is 10.4 Å². The summed E-state index contributed by atoms with van der Waals surface area (Å²) in [5.41, 5.74) is 0. The fourth-order valence-corrected chi connectivity index (χ4v) is 3.90. The van der Waals surface area contributed by atoms with Crippen LogP contribution in [-0.2, 0) is 16.0 Å². The SMILES string of the molecule is Cc1ccc(CC(=O)NC(CC(=O)O)c2ccc(Cl)s2)s1. The van der Waals surface area contributed by atoms with Gasteiger partial charge in [0.05, 0.1) is 23.2 Å². The van der Waals surface area contributed by atoms with E-state index in [0.29, 0.717) is 4.34 Å². The Labute approximate surface area is 135 Å². The molecule has 0 aromatic carbocycles. The van der Waals surface area contributed by atoms with Gasteiger partial charge in [0.15, 0.2) is 0 Å². The van der Waals surface area contributed by atoms with Crippen molar-refractivity contribution in [3.8, 4) is 0 Å². The molecule has 112 valence electrons. The molecule has 0 aliphatic rings. The minimum Gasteiger partial charge on any atom is -0.481 e. The number of aliphatic carboxylic acids is 1. The Morgan fingerprint density at radius 2 is 2.05 bits per heavy atom. The molecule has 0 aliphatic heterocycles. The molecule has 0 bridgehead atoms. The summed E-state index contributed by atoms with van der Waals surface area (Å²) in [6.45, 7) is 1.98. The summed E-state index contributed by atoms with van der Waals surface area (Å²) in [7, 11) is 0. The van der Waals surface area contributed by atoms with E-state index in [0.717, 1.165) is 14.6 Å². The molecule has 0 saturated heterocycles. The summed E-state index contributed by atoms with van der Waals surface area (Å²) in [6, 6.07) is 6.77. The van der Waals surface area contributed by atoms with Crippen molar-refractivity contribution >= 4 is 46.2 Å². The molecule has 0 saturated carbocycles. The van der Waals surface area contributed by atoms with Gasteiger partial charge in [-0.3, -0.25) is 9.59 Å². The average molecular weight is 344 g/mol. The van der Waals surface area contributed by atoms with Gasteiger partial charge in [-0.05, 0) is 31.2 Å². The Balaban J connectivity index is 2.04. The number of amides is 1. The highest BCUT2D eigenvalue weighted by atomic mass is 35.5. The molecule has 1 atom stereocenters. The van der Waals surface area contributed by atoms with Crippen LogP contribution < -0.4 is 5.32 Å². The van der Waals surface area contributed by atoms with Gasteiger partial charge in [0.2, 0.25) is 5.91 Å². The molecule has 0 spiro atoms. The van der Waals surface area contributed by atoms with Crippen molar-refractivity contribution in [2.45, 2.75) is 25.8 Å². The third kappa shape index (κ3) is 4.84. The molecule has 2 rings (SSSR count). The first-order valence-electron chi connectivity index (χ1n) is 6.25. The number of carboxylic acid groups (broad SMARTS) is 1. The molecular formula is C14H14ClNO3S2. The number of hydrogen-bond donors (Lipinski definition) is 2. The van der Waals surface area contributed by atoms with Gasteiger partial charge >= 0.3 is 5.97 Å². The lowest BCUT2D eigenvalue weighted by atomic mass is 10.1. The van der Waals surface area contributed by atoms with Gasteiger partial charge in [-0.2, -0.15) is 0 Å². The maximum absolute atomic E-state index is 12.1. The van der Waals surface area contributed by atoms with Crippen LogP contribution >= 0.6 is 34.3 Å². The molecule has 1 unspecified atom stereocenters. The van der Waals surface area contributed by atoms with Crippen molar-refractivity contribution in [1.82, 2.24) is 5.32 Å². The van der Waals surface area contributed by atoms with Crippen LogP contribution in [0.5, 0.6) is 0 Å². The molecule has 0 radical (unpaired) electrons. The lowest BCUT2D eigenvalue weighted by Crippen LogP contribution is -2.30. The predicted octanol–water partition coefficient (Wildman–Crippen LogP) is 3.65. The van der Waals surface area contributed by atoms with E-state index >= 15 is 0 Å². The summed E-state index contributed by atoms with van der Waals surface area (Å²) < 4.78 is 0.573. The summed E-state index contributed by atoms with van der Waals surface area (Å²) in [5.74, 6) is -1.15. The molecule has 1 amide bonds. The molecule has 2 N–H and O–H groups in total. The van der Waals surface area contributed by atoms with Gasteiger partial charge in [0.1, 0.15) is 0 Å². The van der Waals surface area contributed by atoms with Crippen molar-refractivity contribution in [3.63, 3.8) is 0 Å². The number of carbonyl (C=O) groups is 2. The van der Waals surface area contributed by atoms with E-state index in [1.165, 1.54) is 11.3 Å². The fraction of sp³-hybridized carbons (Fsp3) is 0.286. The zero-order chi connectivity index (χ0) is 15.4. The van der Waals surface area contributed by atoms with E-state index in [4.69, 9.17) is 16.7 Å². The number of thiophene rings is 2. The van der Waals surface area contributed by atoms with E-state index in [9.17, 15) is 9.59 Å². The second kappa shape index (κ2) is 7.06. The highest BCUT2D eigenvalue weighted by molar-refractivity contribution is 7.16. The Kier molecular flexibility index (Phi) is 5.39. The van der Waals surface area contributed by atoms with Crippen LogP contribution in [0.1, 0.15) is 27.1 Å². The topological polar surface area (TPSA) is 66.4 Å². The van der Waals surface area contributed by atoms with E-state index in [1.54, 1.807) is 23.5 Å². The second-order valence-electron chi connectivity index (χ2n) is 4.55. The third-order valence-corrected chi connectivity index (χ3v) is 5.13. The van der Waals surface area contributed by atoms with Gasteiger partial charge in [-0.1, -0.05) is 11.6 Å². The van der Waals surface area contributed by atoms with Gasteiger partial charge in [-0.15, -0.1) is 22.7 Å². The summed E-state index contributed by atoms with van der Waals surface area (Å²) in [6.07, 6.45) is 0.0970. The van der Waals surface area contributed by atoms with E-state index in [2.05, 4.69) is 5.32 Å². The summed E-state index contributed by atoms with van der Waals surface area (Å²) in [5, 5.41) is 11.8. The highest BCUT2D eigenvalue weighted by Gasteiger charge is 2.20. The zero-order valence-corrected chi connectivity index (χ0v) is 13.6. The molecule has 4 nitrogen and oxygen atoms in total. The lowest BCUT2D eigenvalue weighted by Gasteiger charge is -2.15. The minimum absolute atomic E-state index is 0.161. The number of carboxylic acids is 1. The monoisotopic (exact) mass is 343 g/mol. The smallest absolute Gasteiger partial charge is 0.305 e. The van der Waals surface area contributed by atoms with Crippen molar-refractivity contribution in [2.24, 2.45) is 0 Å². The van der Waals surface area contributed by atoms with Crippen LogP contribution in [0.3, 0.4) is 0 Å². The molecular weight excluding hydrogens is 330 g/mol. The lowest BCUT2D eigenvalue weighted by molar-refractivity contribution is -0.137. The van der Waals surface area contributed by atoms with Crippen LogP contribution in [0.2, 0.25) is 4.34 Å². The van der Waals surface area contributed by atoms with E-state index < -0.39 is 12.0 Å². The molecule has 0 aliphatic carbocycles.